The summed E-state index contributed by atoms with van der Waals surface area (Å²) < 4.78 is 2.01. The van der Waals surface area contributed by atoms with Gasteiger partial charge in [-0.1, -0.05) is 18.2 Å². The highest BCUT2D eigenvalue weighted by molar-refractivity contribution is 5.94. The fraction of sp³-hybridized carbons (Fsp3) is 0.524. The average molecular weight is 352 g/mol. The zero-order valence-electron chi connectivity index (χ0n) is 15.7. The molecule has 2 aromatic rings. The highest BCUT2D eigenvalue weighted by Crippen LogP contribution is 2.30. The van der Waals surface area contributed by atoms with Crippen LogP contribution in [0.2, 0.25) is 0 Å². The van der Waals surface area contributed by atoms with E-state index in [0.29, 0.717) is 11.6 Å². The lowest BCUT2D eigenvalue weighted by Crippen LogP contribution is -2.45. The van der Waals surface area contributed by atoms with Crippen LogP contribution in [-0.4, -0.2) is 39.7 Å². The lowest BCUT2D eigenvalue weighted by Gasteiger charge is -2.34. The molecule has 4 rings (SSSR count). The Morgan fingerprint density at radius 3 is 2.85 bits per heavy atom. The summed E-state index contributed by atoms with van der Waals surface area (Å²) in [5, 5.41) is 4.80. The molecule has 1 aromatic heterocycles. The van der Waals surface area contributed by atoms with Gasteiger partial charge in [0.2, 0.25) is 0 Å². The molecule has 1 aliphatic carbocycles. The number of piperidine rings is 1. The van der Waals surface area contributed by atoms with Gasteiger partial charge in [0.15, 0.2) is 5.69 Å². The van der Waals surface area contributed by atoms with Gasteiger partial charge < -0.3 is 10.6 Å². The van der Waals surface area contributed by atoms with Crippen LogP contribution >= 0.6 is 0 Å². The lowest BCUT2D eigenvalue weighted by molar-refractivity contribution is 0.0653. The number of aryl methyl sites for hydroxylation is 1. The molecule has 1 amide bonds. The third kappa shape index (κ3) is 2.94. The van der Waals surface area contributed by atoms with Crippen molar-refractivity contribution >= 4 is 5.91 Å². The van der Waals surface area contributed by atoms with E-state index in [-0.39, 0.29) is 11.9 Å². The molecular weight excluding hydrogens is 324 g/mol. The predicted octanol–water partition coefficient (Wildman–Crippen LogP) is 2.87. The minimum Gasteiger partial charge on any atom is -0.337 e. The van der Waals surface area contributed by atoms with Crippen LogP contribution < -0.4 is 5.73 Å². The summed E-state index contributed by atoms with van der Waals surface area (Å²) in [6.45, 7) is 5.71. The molecule has 0 radical (unpaired) electrons. The number of likely N-dealkylation sites (tertiary alicyclic amines) is 1. The van der Waals surface area contributed by atoms with E-state index in [1.165, 1.54) is 11.3 Å². The molecule has 5 nitrogen and oxygen atoms in total. The third-order valence-corrected chi connectivity index (χ3v) is 5.97. The number of amides is 1. The Hall–Kier alpha value is -2.14. The van der Waals surface area contributed by atoms with Crippen molar-refractivity contribution in [2.24, 2.45) is 11.7 Å². The second-order valence-electron chi connectivity index (χ2n) is 7.84. The predicted molar refractivity (Wildman–Crippen MR) is 103 cm³/mol. The number of rotatable bonds is 3. The van der Waals surface area contributed by atoms with E-state index in [0.717, 1.165) is 56.4 Å². The molecule has 2 N–H and O–H groups in total. The van der Waals surface area contributed by atoms with Gasteiger partial charge in [-0.15, -0.1) is 0 Å². The van der Waals surface area contributed by atoms with Crippen LogP contribution in [0.25, 0.3) is 5.69 Å². The normalized spacial score (nSPS) is 20.9. The summed E-state index contributed by atoms with van der Waals surface area (Å²) in [5.74, 6) is 0.472. The maximum Gasteiger partial charge on any atom is 0.274 e. The van der Waals surface area contributed by atoms with Crippen molar-refractivity contribution in [2.45, 2.75) is 52.0 Å². The van der Waals surface area contributed by atoms with Crippen molar-refractivity contribution in [3.8, 4) is 5.69 Å². The van der Waals surface area contributed by atoms with E-state index < -0.39 is 0 Å². The Morgan fingerprint density at radius 2 is 2.08 bits per heavy atom. The van der Waals surface area contributed by atoms with Crippen molar-refractivity contribution in [2.75, 3.05) is 13.1 Å². The molecule has 1 aromatic carbocycles. The quantitative estimate of drug-likeness (QED) is 0.924. The number of nitrogens with zero attached hydrogens (tertiary/aromatic N) is 3. The number of carbonyl (C=O) groups is 1. The van der Waals surface area contributed by atoms with E-state index in [1.54, 1.807) is 0 Å². The number of carbonyl (C=O) groups excluding carboxylic acids is 1. The zero-order chi connectivity index (χ0) is 18.3. The summed E-state index contributed by atoms with van der Waals surface area (Å²) in [5.41, 5.74) is 11.4. The van der Waals surface area contributed by atoms with Gasteiger partial charge in [0.25, 0.3) is 5.91 Å². The van der Waals surface area contributed by atoms with Crippen LogP contribution in [-0.2, 0) is 12.8 Å². The molecule has 2 aliphatic rings. The van der Waals surface area contributed by atoms with Gasteiger partial charge in [-0.05, 0) is 63.5 Å². The van der Waals surface area contributed by atoms with Gasteiger partial charge in [-0.2, -0.15) is 5.10 Å². The van der Waals surface area contributed by atoms with Crippen molar-refractivity contribution < 1.29 is 4.79 Å². The minimum absolute atomic E-state index is 0.0841. The number of para-hydroxylation sites is 1. The molecule has 0 spiro atoms. The first-order valence-electron chi connectivity index (χ1n) is 9.78. The zero-order valence-corrected chi connectivity index (χ0v) is 15.7. The van der Waals surface area contributed by atoms with Gasteiger partial charge in [-0.25, -0.2) is 4.68 Å². The molecule has 0 bridgehead atoms. The van der Waals surface area contributed by atoms with E-state index in [1.807, 2.05) is 28.6 Å². The second-order valence-corrected chi connectivity index (χ2v) is 7.84. The first-order chi connectivity index (χ1) is 12.6. The number of nitrogens with two attached hydrogens (primary N) is 1. The van der Waals surface area contributed by atoms with Crippen molar-refractivity contribution in [3.63, 3.8) is 0 Å². The summed E-state index contributed by atoms with van der Waals surface area (Å²) in [6, 6.07) is 8.38. The molecular formula is C21H28N4O. The summed E-state index contributed by atoms with van der Waals surface area (Å²) in [4.78, 5) is 15.2. The van der Waals surface area contributed by atoms with Crippen molar-refractivity contribution in [1.29, 1.82) is 0 Å². The van der Waals surface area contributed by atoms with Crippen LogP contribution in [0.15, 0.2) is 24.3 Å². The van der Waals surface area contributed by atoms with E-state index >= 15 is 0 Å². The van der Waals surface area contributed by atoms with E-state index in [9.17, 15) is 4.79 Å². The Kier molecular flexibility index (Phi) is 4.57. The number of hydrogen-bond donors (Lipinski definition) is 1. The molecule has 1 aliphatic heterocycles. The smallest absolute Gasteiger partial charge is 0.274 e. The molecule has 5 heteroatoms. The van der Waals surface area contributed by atoms with Crippen LogP contribution in [0.4, 0.5) is 0 Å². The first-order valence-corrected chi connectivity index (χ1v) is 9.78. The van der Waals surface area contributed by atoms with Crippen LogP contribution in [0.3, 0.4) is 0 Å². The van der Waals surface area contributed by atoms with Crippen LogP contribution in [0.1, 0.15) is 53.5 Å². The van der Waals surface area contributed by atoms with Crippen molar-refractivity contribution in [1.82, 2.24) is 14.7 Å². The first kappa shape index (κ1) is 17.3. The Bertz CT molecular complexity index is 823. The monoisotopic (exact) mass is 352 g/mol. The Balaban J connectivity index is 1.68. The Labute approximate surface area is 155 Å². The molecule has 138 valence electrons. The lowest BCUT2D eigenvalue weighted by atomic mass is 9.92. The molecule has 2 unspecified atom stereocenters. The molecule has 0 saturated carbocycles. The van der Waals surface area contributed by atoms with Crippen LogP contribution in [0.5, 0.6) is 0 Å². The highest BCUT2D eigenvalue weighted by atomic mass is 16.2. The van der Waals surface area contributed by atoms with Gasteiger partial charge in [-0.3, -0.25) is 4.79 Å². The fourth-order valence-electron chi connectivity index (χ4n) is 4.38. The second kappa shape index (κ2) is 6.88. The molecule has 2 heterocycles. The summed E-state index contributed by atoms with van der Waals surface area (Å²) in [7, 11) is 0. The standard InChI is InChI=1S/C21H28N4O/c1-14-7-3-4-10-18(14)25-19-11-5-9-17(19)20(23-25)21(26)24-12-6-8-16(13-24)15(2)22/h3-4,7,10,15-16H,5-6,8-9,11-13,22H2,1-2H3. The van der Waals surface area contributed by atoms with E-state index in [2.05, 4.69) is 19.1 Å². The fourth-order valence-corrected chi connectivity index (χ4v) is 4.38. The topological polar surface area (TPSA) is 64.2 Å². The summed E-state index contributed by atoms with van der Waals surface area (Å²) in [6.07, 6.45) is 5.18. The highest BCUT2D eigenvalue weighted by Gasteiger charge is 2.32. The maximum atomic E-state index is 13.3. The average Bonchev–Trinajstić information content (AvgIpc) is 3.24. The van der Waals surface area contributed by atoms with E-state index in [4.69, 9.17) is 10.8 Å². The molecule has 1 saturated heterocycles. The van der Waals surface area contributed by atoms with Gasteiger partial charge >= 0.3 is 0 Å². The number of aromatic nitrogens is 2. The van der Waals surface area contributed by atoms with Gasteiger partial charge in [0.05, 0.1) is 5.69 Å². The largest absolute Gasteiger partial charge is 0.337 e. The molecule has 26 heavy (non-hydrogen) atoms. The van der Waals surface area contributed by atoms with Gasteiger partial charge in [0.1, 0.15) is 0 Å². The number of benzene rings is 1. The number of hydrogen-bond acceptors (Lipinski definition) is 3. The maximum absolute atomic E-state index is 13.3. The number of fused-ring (bicyclic) bond motifs is 1. The SMILES string of the molecule is Cc1ccccc1-n1nc(C(=O)N2CCCC(C(C)N)C2)c2c1CCC2. The molecule has 1 fully saturated rings. The summed E-state index contributed by atoms with van der Waals surface area (Å²) >= 11 is 0. The van der Waals surface area contributed by atoms with Crippen LogP contribution in [0, 0.1) is 12.8 Å². The molecule has 2 atom stereocenters. The van der Waals surface area contributed by atoms with Crippen molar-refractivity contribution in [3.05, 3.63) is 46.8 Å². The van der Waals surface area contributed by atoms with Gasteiger partial charge in [0, 0.05) is 30.4 Å². The third-order valence-electron chi connectivity index (χ3n) is 5.97. The minimum atomic E-state index is 0.0841. The Morgan fingerprint density at radius 1 is 1.27 bits per heavy atom.